The molecule has 3 aromatic rings. The number of hydrogen-bond donors (Lipinski definition) is 1. The van der Waals surface area contributed by atoms with Gasteiger partial charge in [0.1, 0.15) is 11.4 Å². The van der Waals surface area contributed by atoms with Crippen molar-refractivity contribution in [2.24, 2.45) is 0 Å². The lowest BCUT2D eigenvalue weighted by molar-refractivity contribution is 0.0998. The summed E-state index contributed by atoms with van der Waals surface area (Å²) in [5.41, 5.74) is 3.03. The zero-order valence-electron chi connectivity index (χ0n) is 11.7. The second-order valence-corrected chi connectivity index (χ2v) is 4.97. The molecule has 1 N–H and O–H groups in total. The van der Waals surface area contributed by atoms with Crippen LogP contribution in [0.3, 0.4) is 0 Å². The van der Waals surface area contributed by atoms with E-state index in [1.807, 2.05) is 32.0 Å². The van der Waals surface area contributed by atoms with E-state index in [4.69, 9.17) is 4.42 Å². The van der Waals surface area contributed by atoms with Gasteiger partial charge in [-0.1, -0.05) is 18.2 Å². The molecular formula is C17H14FNO2. The van der Waals surface area contributed by atoms with Crippen LogP contribution in [-0.2, 0) is 0 Å². The fraction of sp³-hybridized carbons (Fsp3) is 0.118. The molecule has 3 nitrogen and oxygen atoms in total. The summed E-state index contributed by atoms with van der Waals surface area (Å²) in [5.74, 6) is -0.401. The van der Waals surface area contributed by atoms with Gasteiger partial charge in [-0.05, 0) is 43.7 Å². The summed E-state index contributed by atoms with van der Waals surface area (Å²) < 4.78 is 18.6. The number of hydrogen-bond acceptors (Lipinski definition) is 2. The maximum absolute atomic E-state index is 12.9. The Bertz CT molecular complexity index is 819. The summed E-state index contributed by atoms with van der Waals surface area (Å²) in [5, 5.41) is 3.64. The second kappa shape index (κ2) is 5.05. The summed E-state index contributed by atoms with van der Waals surface area (Å²) >= 11 is 0. The predicted octanol–water partition coefficient (Wildman–Crippen LogP) is 4.44. The Kier molecular flexibility index (Phi) is 3.22. The summed E-state index contributed by atoms with van der Waals surface area (Å²) in [4.78, 5) is 12.3. The predicted molar refractivity (Wildman–Crippen MR) is 80.0 cm³/mol. The van der Waals surface area contributed by atoms with Crippen molar-refractivity contribution in [3.63, 3.8) is 0 Å². The van der Waals surface area contributed by atoms with Crippen LogP contribution in [0, 0.1) is 19.7 Å². The number of anilines is 1. The molecule has 0 saturated heterocycles. The maximum atomic E-state index is 12.9. The van der Waals surface area contributed by atoms with Crippen LogP contribution in [0.2, 0.25) is 0 Å². The van der Waals surface area contributed by atoms with Crippen molar-refractivity contribution in [2.45, 2.75) is 13.8 Å². The van der Waals surface area contributed by atoms with Crippen LogP contribution in [0.4, 0.5) is 10.1 Å². The third-order valence-electron chi connectivity index (χ3n) is 3.47. The number of carbonyl (C=O) groups excluding carboxylic acids is 1. The van der Waals surface area contributed by atoms with Gasteiger partial charge in [-0.2, -0.15) is 0 Å². The molecule has 0 unspecified atom stereocenters. The summed E-state index contributed by atoms with van der Waals surface area (Å²) in [6.45, 7) is 3.79. The Hall–Kier alpha value is -2.62. The van der Waals surface area contributed by atoms with Crippen LogP contribution in [0.5, 0.6) is 0 Å². The van der Waals surface area contributed by atoms with E-state index in [9.17, 15) is 9.18 Å². The van der Waals surface area contributed by atoms with E-state index in [1.165, 1.54) is 24.3 Å². The monoisotopic (exact) mass is 283 g/mol. The first kappa shape index (κ1) is 13.4. The summed E-state index contributed by atoms with van der Waals surface area (Å²) in [7, 11) is 0. The van der Waals surface area contributed by atoms with Gasteiger partial charge in [-0.3, -0.25) is 4.79 Å². The van der Waals surface area contributed by atoms with Gasteiger partial charge < -0.3 is 9.73 Å². The van der Waals surface area contributed by atoms with Gasteiger partial charge >= 0.3 is 0 Å². The van der Waals surface area contributed by atoms with Crippen LogP contribution in [0.25, 0.3) is 11.0 Å². The minimum Gasteiger partial charge on any atom is -0.450 e. The number of furan rings is 1. The Balaban J connectivity index is 1.96. The average molecular weight is 283 g/mol. The summed E-state index contributed by atoms with van der Waals surface area (Å²) in [6.07, 6.45) is 0. The molecule has 0 saturated carbocycles. The number of rotatable bonds is 2. The first-order chi connectivity index (χ1) is 10.1. The van der Waals surface area contributed by atoms with Gasteiger partial charge in [0.25, 0.3) is 5.91 Å². The number of benzene rings is 2. The normalized spacial score (nSPS) is 10.8. The third kappa shape index (κ3) is 2.40. The van der Waals surface area contributed by atoms with Crippen molar-refractivity contribution >= 4 is 22.6 Å². The number of para-hydroxylation sites is 1. The van der Waals surface area contributed by atoms with Crippen LogP contribution < -0.4 is 5.32 Å². The highest BCUT2D eigenvalue weighted by Crippen LogP contribution is 2.28. The van der Waals surface area contributed by atoms with Gasteiger partial charge in [0.15, 0.2) is 5.76 Å². The van der Waals surface area contributed by atoms with E-state index in [2.05, 4.69) is 5.32 Å². The molecule has 0 aliphatic carbocycles. The Morgan fingerprint density at radius 2 is 1.81 bits per heavy atom. The molecule has 1 amide bonds. The van der Waals surface area contributed by atoms with Gasteiger partial charge in [0.05, 0.1) is 0 Å². The van der Waals surface area contributed by atoms with Crippen molar-refractivity contribution in [3.05, 3.63) is 65.2 Å². The molecule has 4 heteroatoms. The van der Waals surface area contributed by atoms with Crippen LogP contribution in [0.1, 0.15) is 21.7 Å². The number of aryl methyl sites for hydroxylation is 2. The molecule has 3 rings (SSSR count). The van der Waals surface area contributed by atoms with Crippen LogP contribution in [0.15, 0.2) is 46.9 Å². The maximum Gasteiger partial charge on any atom is 0.291 e. The zero-order valence-corrected chi connectivity index (χ0v) is 11.7. The zero-order chi connectivity index (χ0) is 15.0. The quantitative estimate of drug-likeness (QED) is 0.755. The number of fused-ring (bicyclic) bond motifs is 1. The molecule has 2 aromatic carbocycles. The third-order valence-corrected chi connectivity index (χ3v) is 3.47. The minimum atomic E-state index is -0.344. The highest BCUT2D eigenvalue weighted by molar-refractivity contribution is 6.06. The number of nitrogens with one attached hydrogen (secondary N) is 1. The fourth-order valence-electron chi connectivity index (χ4n) is 2.32. The van der Waals surface area contributed by atoms with Gasteiger partial charge in [-0.15, -0.1) is 0 Å². The Labute approximate surface area is 121 Å². The van der Waals surface area contributed by atoms with Gasteiger partial charge in [0.2, 0.25) is 0 Å². The van der Waals surface area contributed by atoms with Crippen LogP contribution in [-0.4, -0.2) is 5.91 Å². The smallest absolute Gasteiger partial charge is 0.291 e. The molecule has 0 fully saturated rings. The van der Waals surface area contributed by atoms with E-state index in [0.29, 0.717) is 5.69 Å². The van der Waals surface area contributed by atoms with Crippen molar-refractivity contribution < 1.29 is 13.6 Å². The topological polar surface area (TPSA) is 42.2 Å². The second-order valence-electron chi connectivity index (χ2n) is 4.97. The van der Waals surface area contributed by atoms with Crippen molar-refractivity contribution in [2.75, 3.05) is 5.32 Å². The average Bonchev–Trinajstić information content (AvgIpc) is 2.81. The van der Waals surface area contributed by atoms with E-state index >= 15 is 0 Å². The molecule has 1 aromatic heterocycles. The molecule has 21 heavy (non-hydrogen) atoms. The lowest BCUT2D eigenvalue weighted by Gasteiger charge is -2.03. The molecule has 0 spiro atoms. The highest BCUT2D eigenvalue weighted by Gasteiger charge is 2.18. The Morgan fingerprint density at radius 1 is 1.10 bits per heavy atom. The molecule has 0 bridgehead atoms. The SMILES string of the molecule is Cc1c(C(=O)Nc2ccc(F)cc2)oc2c(C)cccc12. The lowest BCUT2D eigenvalue weighted by Crippen LogP contribution is -2.12. The lowest BCUT2D eigenvalue weighted by atomic mass is 10.1. The van der Waals surface area contributed by atoms with Gasteiger partial charge in [0, 0.05) is 16.6 Å². The van der Waals surface area contributed by atoms with E-state index < -0.39 is 0 Å². The van der Waals surface area contributed by atoms with Crippen molar-refractivity contribution in [1.82, 2.24) is 0 Å². The summed E-state index contributed by atoms with van der Waals surface area (Å²) in [6, 6.07) is 11.4. The molecule has 0 aliphatic heterocycles. The van der Waals surface area contributed by atoms with Gasteiger partial charge in [-0.25, -0.2) is 4.39 Å². The van der Waals surface area contributed by atoms with Crippen molar-refractivity contribution in [1.29, 1.82) is 0 Å². The molecule has 0 aliphatic rings. The molecule has 1 heterocycles. The van der Waals surface area contributed by atoms with E-state index in [-0.39, 0.29) is 17.5 Å². The van der Waals surface area contributed by atoms with Crippen molar-refractivity contribution in [3.8, 4) is 0 Å². The number of amides is 1. The first-order valence-electron chi connectivity index (χ1n) is 6.62. The minimum absolute atomic E-state index is 0.281. The molecule has 0 radical (unpaired) electrons. The van der Waals surface area contributed by atoms with E-state index in [0.717, 1.165) is 22.1 Å². The van der Waals surface area contributed by atoms with E-state index in [1.54, 1.807) is 0 Å². The fourth-order valence-corrected chi connectivity index (χ4v) is 2.32. The highest BCUT2D eigenvalue weighted by atomic mass is 19.1. The Morgan fingerprint density at radius 3 is 2.48 bits per heavy atom. The molecule has 106 valence electrons. The largest absolute Gasteiger partial charge is 0.450 e. The number of carbonyl (C=O) groups is 1. The molecule has 0 atom stereocenters. The van der Waals surface area contributed by atoms with Crippen LogP contribution >= 0.6 is 0 Å². The molecular weight excluding hydrogens is 269 g/mol. The standard InChI is InChI=1S/C17H14FNO2/c1-10-4-3-5-14-11(2)16(21-15(10)14)17(20)19-13-8-6-12(18)7-9-13/h3-9H,1-2H3,(H,19,20). The number of halogens is 1. The first-order valence-corrected chi connectivity index (χ1v) is 6.62.